The molecule has 3 nitrogen and oxygen atoms in total. The van der Waals surface area contributed by atoms with Crippen LogP contribution in [0.3, 0.4) is 0 Å². The molecule has 0 aliphatic rings. The maximum Gasteiger partial charge on any atom is 0.122 e. The molecule has 0 saturated heterocycles. The molecule has 0 radical (unpaired) electrons. The van der Waals surface area contributed by atoms with Crippen molar-refractivity contribution in [1.29, 1.82) is 0 Å². The molecule has 0 aliphatic carbocycles. The van der Waals surface area contributed by atoms with Gasteiger partial charge in [0.25, 0.3) is 0 Å². The molecular weight excluding hydrogens is 334 g/mol. The van der Waals surface area contributed by atoms with Crippen molar-refractivity contribution in [2.75, 3.05) is 19.5 Å². The first-order chi connectivity index (χ1) is 13.1. The molecule has 1 unspecified atom stereocenters. The highest BCUT2D eigenvalue weighted by Gasteiger charge is 2.14. The topological polar surface area (TPSA) is 30.5 Å². The average molecular weight is 361 g/mol. The summed E-state index contributed by atoms with van der Waals surface area (Å²) in [7, 11) is 3.68. The first-order valence-corrected chi connectivity index (χ1v) is 9.21. The molecule has 0 heterocycles. The molecule has 0 spiro atoms. The lowest BCUT2D eigenvalue weighted by atomic mass is 9.99. The second kappa shape index (κ2) is 8.74. The number of anilines is 1. The van der Waals surface area contributed by atoms with E-state index in [-0.39, 0.29) is 6.10 Å². The van der Waals surface area contributed by atoms with Crippen molar-refractivity contribution in [2.24, 2.45) is 0 Å². The Morgan fingerprint density at radius 2 is 1.63 bits per heavy atom. The highest BCUT2D eigenvalue weighted by atomic mass is 16.5. The normalized spacial score (nSPS) is 11.9. The van der Waals surface area contributed by atoms with E-state index in [1.54, 1.807) is 7.11 Å². The first-order valence-electron chi connectivity index (χ1n) is 9.21. The fraction of sp³-hybridized carbons (Fsp3) is 0.250. The van der Waals surface area contributed by atoms with Crippen LogP contribution in [0.2, 0.25) is 0 Å². The SMILES string of the molecule is CNc1cccc(C)c1COc1ccc(C(OC)c2ccccc2)cc1C. The number of rotatable bonds is 7. The van der Waals surface area contributed by atoms with Crippen LogP contribution in [0.4, 0.5) is 5.69 Å². The van der Waals surface area contributed by atoms with Gasteiger partial charge in [0.2, 0.25) is 0 Å². The molecule has 0 amide bonds. The van der Waals surface area contributed by atoms with Gasteiger partial charge in [0.1, 0.15) is 18.5 Å². The zero-order chi connectivity index (χ0) is 19.2. The number of ether oxygens (including phenoxy) is 2. The maximum atomic E-state index is 6.14. The minimum Gasteiger partial charge on any atom is -0.489 e. The molecule has 27 heavy (non-hydrogen) atoms. The molecular formula is C24H27NO2. The van der Waals surface area contributed by atoms with Crippen LogP contribution in [0.25, 0.3) is 0 Å². The lowest BCUT2D eigenvalue weighted by Gasteiger charge is -2.19. The molecule has 0 fully saturated rings. The smallest absolute Gasteiger partial charge is 0.122 e. The van der Waals surface area contributed by atoms with E-state index in [4.69, 9.17) is 9.47 Å². The van der Waals surface area contributed by atoms with Crippen molar-refractivity contribution >= 4 is 5.69 Å². The van der Waals surface area contributed by atoms with Gasteiger partial charge in [0.05, 0.1) is 0 Å². The third-order valence-electron chi connectivity index (χ3n) is 4.89. The fourth-order valence-electron chi connectivity index (χ4n) is 3.37. The van der Waals surface area contributed by atoms with Gasteiger partial charge in [0, 0.05) is 25.4 Å². The van der Waals surface area contributed by atoms with Crippen LogP contribution in [0.5, 0.6) is 5.75 Å². The standard InChI is InChI=1S/C24H27NO2/c1-17-9-8-12-22(25-3)21(17)16-27-23-14-13-20(15-18(23)2)24(26-4)19-10-6-5-7-11-19/h5-15,24-25H,16H2,1-4H3. The summed E-state index contributed by atoms with van der Waals surface area (Å²) in [4.78, 5) is 0. The van der Waals surface area contributed by atoms with Crippen LogP contribution < -0.4 is 10.1 Å². The Morgan fingerprint density at radius 3 is 2.30 bits per heavy atom. The van der Waals surface area contributed by atoms with Crippen molar-refractivity contribution in [3.8, 4) is 5.75 Å². The van der Waals surface area contributed by atoms with Gasteiger partial charge in [-0.1, -0.05) is 48.5 Å². The van der Waals surface area contributed by atoms with Crippen LogP contribution in [0.1, 0.15) is 33.9 Å². The van der Waals surface area contributed by atoms with E-state index < -0.39 is 0 Å². The van der Waals surface area contributed by atoms with Crippen molar-refractivity contribution in [3.05, 3.63) is 94.5 Å². The third kappa shape index (κ3) is 4.32. The largest absolute Gasteiger partial charge is 0.489 e. The van der Waals surface area contributed by atoms with Crippen molar-refractivity contribution in [3.63, 3.8) is 0 Å². The molecule has 3 aromatic carbocycles. The molecule has 0 bridgehead atoms. The van der Waals surface area contributed by atoms with Crippen molar-refractivity contribution in [1.82, 2.24) is 0 Å². The van der Waals surface area contributed by atoms with Gasteiger partial charge in [-0.2, -0.15) is 0 Å². The first kappa shape index (κ1) is 19.0. The Morgan fingerprint density at radius 1 is 0.852 bits per heavy atom. The third-order valence-corrected chi connectivity index (χ3v) is 4.89. The lowest BCUT2D eigenvalue weighted by Crippen LogP contribution is -2.06. The second-order valence-electron chi connectivity index (χ2n) is 6.69. The Hall–Kier alpha value is -2.78. The van der Waals surface area contributed by atoms with E-state index in [0.717, 1.165) is 28.1 Å². The quantitative estimate of drug-likeness (QED) is 0.589. The number of hydrogen-bond acceptors (Lipinski definition) is 3. The predicted octanol–water partition coefficient (Wildman–Crippen LogP) is 5.66. The highest BCUT2D eigenvalue weighted by Crippen LogP contribution is 2.30. The van der Waals surface area contributed by atoms with Crippen molar-refractivity contribution < 1.29 is 9.47 Å². The summed E-state index contributed by atoms with van der Waals surface area (Å²) in [5.74, 6) is 0.895. The summed E-state index contributed by atoms with van der Waals surface area (Å²) in [6, 6.07) is 22.8. The zero-order valence-corrected chi connectivity index (χ0v) is 16.5. The van der Waals surface area contributed by atoms with Gasteiger partial charge in [-0.15, -0.1) is 0 Å². The molecule has 0 aromatic heterocycles. The van der Waals surface area contributed by atoms with Gasteiger partial charge in [-0.05, 0) is 54.3 Å². The van der Waals surface area contributed by atoms with Crippen LogP contribution in [-0.4, -0.2) is 14.2 Å². The highest BCUT2D eigenvalue weighted by molar-refractivity contribution is 5.54. The number of hydrogen-bond donors (Lipinski definition) is 1. The van der Waals surface area contributed by atoms with Crippen molar-refractivity contribution in [2.45, 2.75) is 26.6 Å². The Bertz CT molecular complexity index is 890. The molecule has 3 aromatic rings. The molecule has 0 saturated carbocycles. The number of methoxy groups -OCH3 is 1. The van der Waals surface area contributed by atoms with Crippen LogP contribution in [0, 0.1) is 13.8 Å². The summed E-state index contributed by atoms with van der Waals surface area (Å²) in [5.41, 5.74) is 6.88. The fourth-order valence-corrected chi connectivity index (χ4v) is 3.37. The van der Waals surface area contributed by atoms with E-state index >= 15 is 0 Å². The summed E-state index contributed by atoms with van der Waals surface area (Å²) >= 11 is 0. The summed E-state index contributed by atoms with van der Waals surface area (Å²) in [5, 5.41) is 3.24. The average Bonchev–Trinajstić information content (AvgIpc) is 2.69. The Labute approximate surface area is 162 Å². The van der Waals surface area contributed by atoms with Gasteiger partial charge >= 0.3 is 0 Å². The number of benzene rings is 3. The van der Waals surface area contributed by atoms with Crippen LogP contribution in [0.15, 0.2) is 66.7 Å². The summed E-state index contributed by atoms with van der Waals surface area (Å²) < 4.78 is 11.9. The number of aryl methyl sites for hydroxylation is 2. The van der Waals surface area contributed by atoms with Gasteiger partial charge in [0.15, 0.2) is 0 Å². The molecule has 3 rings (SSSR count). The molecule has 1 N–H and O–H groups in total. The van der Waals surface area contributed by atoms with E-state index in [1.165, 1.54) is 11.1 Å². The van der Waals surface area contributed by atoms with E-state index in [2.05, 4.69) is 61.6 Å². The van der Waals surface area contributed by atoms with Crippen LogP contribution in [-0.2, 0) is 11.3 Å². The van der Waals surface area contributed by atoms with Gasteiger partial charge in [-0.25, -0.2) is 0 Å². The van der Waals surface area contributed by atoms with E-state index in [0.29, 0.717) is 6.61 Å². The molecule has 1 atom stereocenters. The molecule has 0 aliphatic heterocycles. The summed E-state index contributed by atoms with van der Waals surface area (Å²) in [6.07, 6.45) is -0.0776. The molecule has 140 valence electrons. The minimum absolute atomic E-state index is 0.0776. The van der Waals surface area contributed by atoms with Crippen LogP contribution >= 0.6 is 0 Å². The Balaban J connectivity index is 1.79. The monoisotopic (exact) mass is 361 g/mol. The predicted molar refractivity (Wildman–Crippen MR) is 112 cm³/mol. The molecule has 3 heteroatoms. The van der Waals surface area contributed by atoms with Gasteiger partial charge in [-0.3, -0.25) is 0 Å². The minimum atomic E-state index is -0.0776. The number of nitrogens with one attached hydrogen (secondary N) is 1. The van der Waals surface area contributed by atoms with E-state index in [9.17, 15) is 0 Å². The lowest BCUT2D eigenvalue weighted by molar-refractivity contribution is 0.136. The van der Waals surface area contributed by atoms with E-state index in [1.807, 2.05) is 31.3 Å². The van der Waals surface area contributed by atoms with Gasteiger partial charge < -0.3 is 14.8 Å². The Kier molecular flexibility index (Phi) is 6.15. The summed E-state index contributed by atoms with van der Waals surface area (Å²) in [6.45, 7) is 4.72. The maximum absolute atomic E-state index is 6.14. The second-order valence-corrected chi connectivity index (χ2v) is 6.69. The zero-order valence-electron chi connectivity index (χ0n) is 16.5.